The molecule has 0 aliphatic heterocycles. The van der Waals surface area contributed by atoms with Crippen LogP contribution in [0.2, 0.25) is 0 Å². The predicted molar refractivity (Wildman–Crippen MR) is 88.0 cm³/mol. The zero-order chi connectivity index (χ0) is 18.8. The van der Waals surface area contributed by atoms with E-state index in [1.807, 2.05) is 0 Å². The highest BCUT2D eigenvalue weighted by molar-refractivity contribution is 5.73. The third-order valence-electron chi connectivity index (χ3n) is 3.86. The Morgan fingerprint density at radius 3 is 1.88 bits per heavy atom. The van der Waals surface area contributed by atoms with Crippen LogP contribution in [0.25, 0.3) is 22.4 Å². The number of benzene rings is 2. The van der Waals surface area contributed by atoms with Crippen molar-refractivity contribution in [3.8, 4) is 33.9 Å². The van der Waals surface area contributed by atoms with E-state index in [1.54, 1.807) is 0 Å². The summed E-state index contributed by atoms with van der Waals surface area (Å²) >= 11 is 0. The highest BCUT2D eigenvalue weighted by Crippen LogP contribution is 2.39. The van der Waals surface area contributed by atoms with E-state index in [2.05, 4.69) is 4.98 Å². The molecule has 0 spiro atoms. The average molecular weight is 363 g/mol. The number of pyridine rings is 1. The molecule has 3 rings (SSSR count). The van der Waals surface area contributed by atoms with Gasteiger partial charge in [0, 0.05) is 6.20 Å². The molecule has 0 unspecified atom stereocenters. The third kappa shape index (κ3) is 2.85. The molecule has 0 aliphatic carbocycles. The molecule has 0 atom stereocenters. The summed E-state index contributed by atoms with van der Waals surface area (Å²) in [6, 6.07) is 8.14. The molecule has 0 saturated heterocycles. The molecule has 3 aromatic rings. The van der Waals surface area contributed by atoms with Gasteiger partial charge in [0.15, 0.2) is 34.8 Å². The maximum Gasteiger partial charge on any atom is 0.172 e. The Kier molecular flexibility index (Phi) is 4.79. The Morgan fingerprint density at radius 2 is 1.35 bits per heavy atom. The van der Waals surface area contributed by atoms with Gasteiger partial charge in [0.25, 0.3) is 0 Å². The Labute approximate surface area is 146 Å². The summed E-state index contributed by atoms with van der Waals surface area (Å²) in [7, 11) is 2.72. The largest absolute Gasteiger partial charge is 0.493 e. The molecule has 134 valence electrons. The summed E-state index contributed by atoms with van der Waals surface area (Å²) in [6.45, 7) is 0. The summed E-state index contributed by atoms with van der Waals surface area (Å²) in [6.07, 6.45) is 1.27. The highest BCUT2D eigenvalue weighted by Gasteiger charge is 2.28. The third-order valence-corrected chi connectivity index (χ3v) is 3.86. The van der Waals surface area contributed by atoms with Gasteiger partial charge in [-0.15, -0.1) is 0 Å². The molecule has 3 nitrogen and oxygen atoms in total. The van der Waals surface area contributed by atoms with Gasteiger partial charge in [0.05, 0.1) is 31.0 Å². The van der Waals surface area contributed by atoms with Crippen LogP contribution in [0.15, 0.2) is 42.6 Å². The van der Waals surface area contributed by atoms with Crippen molar-refractivity contribution >= 4 is 0 Å². The van der Waals surface area contributed by atoms with Crippen LogP contribution in [0.4, 0.5) is 17.6 Å². The Morgan fingerprint density at radius 1 is 0.731 bits per heavy atom. The molecule has 0 saturated carbocycles. The first-order valence-corrected chi connectivity index (χ1v) is 7.49. The van der Waals surface area contributed by atoms with Crippen molar-refractivity contribution < 1.29 is 27.0 Å². The van der Waals surface area contributed by atoms with Crippen LogP contribution in [0, 0.1) is 23.3 Å². The summed E-state index contributed by atoms with van der Waals surface area (Å²) in [5.41, 5.74) is -1.99. The number of halogens is 4. The second kappa shape index (κ2) is 7.03. The zero-order valence-electron chi connectivity index (χ0n) is 13.8. The van der Waals surface area contributed by atoms with Gasteiger partial charge in [-0.2, -0.15) is 0 Å². The lowest BCUT2D eigenvalue weighted by molar-refractivity contribution is 0.355. The minimum absolute atomic E-state index is 0.0944. The molecule has 1 aromatic heterocycles. The van der Waals surface area contributed by atoms with E-state index >= 15 is 0 Å². The summed E-state index contributed by atoms with van der Waals surface area (Å²) < 4.78 is 68.4. The lowest BCUT2D eigenvalue weighted by atomic mass is 9.99. The van der Waals surface area contributed by atoms with E-state index in [0.29, 0.717) is 5.75 Å². The minimum atomic E-state index is -1.52. The fourth-order valence-corrected chi connectivity index (χ4v) is 2.61. The first-order valence-electron chi connectivity index (χ1n) is 7.49. The average Bonchev–Trinajstić information content (AvgIpc) is 2.67. The number of hydrogen-bond donors (Lipinski definition) is 0. The maximum absolute atomic E-state index is 14.6. The number of hydrogen-bond acceptors (Lipinski definition) is 3. The number of methoxy groups -OCH3 is 2. The molecule has 0 aliphatic rings. The van der Waals surface area contributed by atoms with Crippen LogP contribution in [-0.4, -0.2) is 19.2 Å². The topological polar surface area (TPSA) is 31.4 Å². The summed E-state index contributed by atoms with van der Waals surface area (Å²) in [5, 5.41) is 0. The molecule has 1 heterocycles. The van der Waals surface area contributed by atoms with Crippen LogP contribution in [0.5, 0.6) is 11.5 Å². The summed E-state index contributed by atoms with van der Waals surface area (Å²) in [5.74, 6) is -5.60. The van der Waals surface area contributed by atoms with E-state index in [0.717, 1.165) is 0 Å². The Hall–Kier alpha value is -3.09. The van der Waals surface area contributed by atoms with Gasteiger partial charge in [-0.05, 0) is 29.8 Å². The zero-order valence-corrected chi connectivity index (χ0v) is 13.8. The van der Waals surface area contributed by atoms with Gasteiger partial charge in [0.1, 0.15) is 0 Å². The lowest BCUT2D eigenvalue weighted by Gasteiger charge is -2.14. The van der Waals surface area contributed by atoms with Crippen molar-refractivity contribution in [1.29, 1.82) is 0 Å². The van der Waals surface area contributed by atoms with Crippen molar-refractivity contribution in [2.75, 3.05) is 14.2 Å². The number of ether oxygens (including phenoxy) is 2. The van der Waals surface area contributed by atoms with Crippen LogP contribution in [-0.2, 0) is 0 Å². The molecule has 0 fully saturated rings. The molecule has 0 bridgehead atoms. The standard InChI is InChI=1S/C19H13F4NO2/c1-25-12-7-6-10(9-13(12)26-2)14-16(20)18(22)15(19(23)17(14)21)11-5-3-4-8-24-11/h3-9H,1-2H3. The second-order valence-electron chi connectivity index (χ2n) is 5.29. The van der Waals surface area contributed by atoms with Gasteiger partial charge in [-0.25, -0.2) is 17.6 Å². The van der Waals surface area contributed by atoms with Gasteiger partial charge < -0.3 is 9.47 Å². The van der Waals surface area contributed by atoms with E-state index in [4.69, 9.17) is 9.47 Å². The van der Waals surface area contributed by atoms with Crippen molar-refractivity contribution in [2.45, 2.75) is 0 Å². The molecule has 0 radical (unpaired) electrons. The van der Waals surface area contributed by atoms with Gasteiger partial charge in [0.2, 0.25) is 0 Å². The van der Waals surface area contributed by atoms with Crippen LogP contribution < -0.4 is 9.47 Å². The van der Waals surface area contributed by atoms with Gasteiger partial charge >= 0.3 is 0 Å². The Bertz CT molecular complexity index is 932. The van der Waals surface area contributed by atoms with Crippen LogP contribution in [0.3, 0.4) is 0 Å². The van der Waals surface area contributed by atoms with Gasteiger partial charge in [-0.3, -0.25) is 4.98 Å². The molecule has 0 amide bonds. The predicted octanol–water partition coefficient (Wildman–Crippen LogP) is 4.99. The van der Waals surface area contributed by atoms with E-state index in [1.165, 1.54) is 56.8 Å². The normalized spacial score (nSPS) is 10.7. The van der Waals surface area contributed by atoms with E-state index in [9.17, 15) is 17.6 Å². The van der Waals surface area contributed by atoms with E-state index in [-0.39, 0.29) is 17.0 Å². The first-order chi connectivity index (χ1) is 12.5. The van der Waals surface area contributed by atoms with Crippen LogP contribution >= 0.6 is 0 Å². The van der Waals surface area contributed by atoms with Gasteiger partial charge in [-0.1, -0.05) is 12.1 Å². The quantitative estimate of drug-likeness (QED) is 0.483. The maximum atomic E-state index is 14.6. The monoisotopic (exact) mass is 363 g/mol. The van der Waals surface area contributed by atoms with Crippen molar-refractivity contribution in [3.05, 3.63) is 65.9 Å². The molecule has 0 N–H and O–H groups in total. The molecule has 26 heavy (non-hydrogen) atoms. The summed E-state index contributed by atoms with van der Waals surface area (Å²) in [4.78, 5) is 3.76. The van der Waals surface area contributed by atoms with Crippen molar-refractivity contribution in [2.24, 2.45) is 0 Å². The minimum Gasteiger partial charge on any atom is -0.493 e. The smallest absolute Gasteiger partial charge is 0.172 e. The SMILES string of the molecule is COc1ccc(-c2c(F)c(F)c(-c3ccccn3)c(F)c2F)cc1OC. The molecule has 7 heteroatoms. The number of nitrogens with zero attached hydrogens (tertiary/aromatic N) is 1. The van der Waals surface area contributed by atoms with Crippen molar-refractivity contribution in [1.82, 2.24) is 4.98 Å². The van der Waals surface area contributed by atoms with Crippen molar-refractivity contribution in [3.63, 3.8) is 0 Å². The Balaban J connectivity index is 2.25. The van der Waals surface area contributed by atoms with E-state index < -0.39 is 34.4 Å². The van der Waals surface area contributed by atoms with Crippen LogP contribution in [0.1, 0.15) is 0 Å². The molecule has 2 aromatic carbocycles. The molecular formula is C19H13F4NO2. The first kappa shape index (κ1) is 17.7. The number of aromatic nitrogens is 1. The fraction of sp³-hybridized carbons (Fsp3) is 0.105. The fourth-order valence-electron chi connectivity index (χ4n) is 2.61. The second-order valence-corrected chi connectivity index (χ2v) is 5.29. The highest BCUT2D eigenvalue weighted by atomic mass is 19.2. The number of rotatable bonds is 4. The lowest BCUT2D eigenvalue weighted by Crippen LogP contribution is -2.04. The molecular weight excluding hydrogens is 350 g/mol.